The van der Waals surface area contributed by atoms with E-state index in [1.165, 1.54) is 37.2 Å². The molecule has 0 aliphatic carbocycles. The number of rotatable bonds is 2. The lowest BCUT2D eigenvalue weighted by molar-refractivity contribution is 0.868. The Labute approximate surface area is 92.1 Å². The first-order valence-corrected chi connectivity index (χ1v) is 5.83. The lowest BCUT2D eigenvalue weighted by atomic mass is 10.0. The summed E-state index contributed by atoms with van der Waals surface area (Å²) in [6.07, 6.45) is 2.62. The molecule has 0 aromatic heterocycles. The highest BCUT2D eigenvalue weighted by molar-refractivity contribution is 5.61. The van der Waals surface area contributed by atoms with Crippen LogP contribution in [-0.4, -0.2) is 13.1 Å². The average Bonchev–Trinajstić information content (AvgIpc) is 2.69. The largest absolute Gasteiger partial charge is 0.398 e. The molecule has 2 N–H and O–H groups in total. The van der Waals surface area contributed by atoms with E-state index in [0.29, 0.717) is 5.92 Å². The molecule has 0 saturated carbocycles. The first kappa shape index (κ1) is 10.3. The first-order valence-electron chi connectivity index (χ1n) is 5.83. The fourth-order valence-electron chi connectivity index (χ4n) is 2.26. The van der Waals surface area contributed by atoms with Crippen molar-refractivity contribution in [3.8, 4) is 0 Å². The molecule has 0 amide bonds. The van der Waals surface area contributed by atoms with E-state index in [1.54, 1.807) is 0 Å². The van der Waals surface area contributed by atoms with Crippen molar-refractivity contribution in [2.45, 2.75) is 32.6 Å². The molecule has 1 aliphatic heterocycles. The van der Waals surface area contributed by atoms with Crippen molar-refractivity contribution >= 4 is 11.4 Å². The highest BCUT2D eigenvalue weighted by Crippen LogP contribution is 2.28. The van der Waals surface area contributed by atoms with Gasteiger partial charge in [0.05, 0.1) is 0 Å². The van der Waals surface area contributed by atoms with Crippen LogP contribution in [0, 0.1) is 0 Å². The Hall–Kier alpha value is -1.18. The maximum absolute atomic E-state index is 6.06. The summed E-state index contributed by atoms with van der Waals surface area (Å²) in [5.41, 5.74) is 9.55. The number of anilines is 2. The van der Waals surface area contributed by atoms with Gasteiger partial charge in [-0.05, 0) is 36.5 Å². The van der Waals surface area contributed by atoms with Gasteiger partial charge in [-0.15, -0.1) is 0 Å². The Balaban J connectivity index is 2.24. The summed E-state index contributed by atoms with van der Waals surface area (Å²) in [6, 6.07) is 6.51. The van der Waals surface area contributed by atoms with Crippen LogP contribution >= 0.6 is 0 Å². The number of nitrogens with zero attached hydrogens (tertiary/aromatic N) is 1. The second-order valence-electron chi connectivity index (χ2n) is 4.66. The van der Waals surface area contributed by atoms with E-state index in [1.807, 2.05) is 0 Å². The number of nitrogens with two attached hydrogens (primary N) is 1. The van der Waals surface area contributed by atoms with Crippen LogP contribution in [0.3, 0.4) is 0 Å². The van der Waals surface area contributed by atoms with Gasteiger partial charge in [-0.2, -0.15) is 0 Å². The maximum Gasteiger partial charge on any atom is 0.0387 e. The van der Waals surface area contributed by atoms with Gasteiger partial charge < -0.3 is 10.6 Å². The zero-order valence-electron chi connectivity index (χ0n) is 9.66. The van der Waals surface area contributed by atoms with Gasteiger partial charge >= 0.3 is 0 Å². The molecule has 1 fully saturated rings. The molecule has 15 heavy (non-hydrogen) atoms. The molecule has 2 rings (SSSR count). The third kappa shape index (κ3) is 2.09. The van der Waals surface area contributed by atoms with Crippen molar-refractivity contribution < 1.29 is 0 Å². The van der Waals surface area contributed by atoms with E-state index in [9.17, 15) is 0 Å². The van der Waals surface area contributed by atoms with E-state index in [0.717, 1.165) is 5.69 Å². The minimum absolute atomic E-state index is 0.512. The van der Waals surface area contributed by atoms with Gasteiger partial charge in [0.25, 0.3) is 0 Å². The Kier molecular flexibility index (Phi) is 2.85. The first-order chi connectivity index (χ1) is 7.18. The number of nitrogen functional groups attached to an aromatic ring is 1. The number of hydrogen-bond donors (Lipinski definition) is 1. The van der Waals surface area contributed by atoms with Gasteiger partial charge in [-0.1, -0.05) is 19.9 Å². The van der Waals surface area contributed by atoms with Crippen molar-refractivity contribution in [2.24, 2.45) is 0 Å². The van der Waals surface area contributed by atoms with Crippen LogP contribution in [0.25, 0.3) is 0 Å². The zero-order chi connectivity index (χ0) is 10.8. The second-order valence-corrected chi connectivity index (χ2v) is 4.66. The third-order valence-electron chi connectivity index (χ3n) is 3.16. The smallest absolute Gasteiger partial charge is 0.0387 e. The molecule has 0 unspecified atom stereocenters. The molecule has 0 atom stereocenters. The number of hydrogen-bond acceptors (Lipinski definition) is 2. The monoisotopic (exact) mass is 204 g/mol. The summed E-state index contributed by atoms with van der Waals surface area (Å²) < 4.78 is 0. The quantitative estimate of drug-likeness (QED) is 0.750. The summed E-state index contributed by atoms with van der Waals surface area (Å²) >= 11 is 0. The van der Waals surface area contributed by atoms with Crippen molar-refractivity contribution in [3.63, 3.8) is 0 Å². The SMILES string of the molecule is CC(C)c1ccc(N2CCCC2)cc1N. The maximum atomic E-state index is 6.06. The molecule has 0 spiro atoms. The summed E-state index contributed by atoms with van der Waals surface area (Å²) in [7, 11) is 0. The Morgan fingerprint density at radius 2 is 1.87 bits per heavy atom. The van der Waals surface area contributed by atoms with E-state index in [-0.39, 0.29) is 0 Å². The van der Waals surface area contributed by atoms with E-state index >= 15 is 0 Å². The third-order valence-corrected chi connectivity index (χ3v) is 3.16. The summed E-state index contributed by atoms with van der Waals surface area (Å²) in [5.74, 6) is 0.512. The molecule has 1 aromatic rings. The normalized spacial score (nSPS) is 16.3. The average molecular weight is 204 g/mol. The molecule has 82 valence electrons. The highest BCUT2D eigenvalue weighted by atomic mass is 15.1. The van der Waals surface area contributed by atoms with Gasteiger partial charge in [0.2, 0.25) is 0 Å². The molecule has 0 radical (unpaired) electrons. The van der Waals surface area contributed by atoms with Crippen molar-refractivity contribution in [3.05, 3.63) is 23.8 Å². The predicted molar refractivity (Wildman–Crippen MR) is 66.4 cm³/mol. The Morgan fingerprint density at radius 1 is 1.20 bits per heavy atom. The molecular formula is C13H20N2. The van der Waals surface area contributed by atoms with Gasteiger partial charge in [0.1, 0.15) is 0 Å². The minimum atomic E-state index is 0.512. The van der Waals surface area contributed by atoms with E-state index < -0.39 is 0 Å². The standard InChI is InChI=1S/C13H20N2/c1-10(2)12-6-5-11(9-13(12)14)15-7-3-4-8-15/h5-6,9-10H,3-4,7-8,14H2,1-2H3. The zero-order valence-corrected chi connectivity index (χ0v) is 9.66. The molecule has 0 bridgehead atoms. The minimum Gasteiger partial charge on any atom is -0.398 e. The van der Waals surface area contributed by atoms with Crippen molar-refractivity contribution in [1.82, 2.24) is 0 Å². The molecular weight excluding hydrogens is 184 g/mol. The molecule has 1 aliphatic rings. The van der Waals surface area contributed by atoms with E-state index in [4.69, 9.17) is 5.73 Å². The summed E-state index contributed by atoms with van der Waals surface area (Å²) in [4.78, 5) is 2.42. The Morgan fingerprint density at radius 3 is 2.40 bits per heavy atom. The molecule has 1 heterocycles. The van der Waals surface area contributed by atoms with E-state index in [2.05, 4.69) is 36.9 Å². The van der Waals surface area contributed by atoms with Gasteiger partial charge in [-0.25, -0.2) is 0 Å². The van der Waals surface area contributed by atoms with Crippen LogP contribution in [0.15, 0.2) is 18.2 Å². The summed E-state index contributed by atoms with van der Waals surface area (Å²) in [6.45, 7) is 6.73. The van der Waals surface area contributed by atoms with Gasteiger partial charge in [0.15, 0.2) is 0 Å². The molecule has 2 heteroatoms. The lowest BCUT2D eigenvalue weighted by Gasteiger charge is -2.19. The topological polar surface area (TPSA) is 29.3 Å². The van der Waals surface area contributed by atoms with Crippen LogP contribution in [0.4, 0.5) is 11.4 Å². The van der Waals surface area contributed by atoms with Crippen LogP contribution in [0.2, 0.25) is 0 Å². The second kappa shape index (κ2) is 4.13. The van der Waals surface area contributed by atoms with Crippen molar-refractivity contribution in [2.75, 3.05) is 23.7 Å². The lowest BCUT2D eigenvalue weighted by Crippen LogP contribution is -2.17. The van der Waals surface area contributed by atoms with Crippen LogP contribution < -0.4 is 10.6 Å². The van der Waals surface area contributed by atoms with Crippen LogP contribution in [0.1, 0.15) is 38.2 Å². The fraction of sp³-hybridized carbons (Fsp3) is 0.538. The molecule has 1 saturated heterocycles. The van der Waals surface area contributed by atoms with Gasteiger partial charge in [-0.3, -0.25) is 0 Å². The fourth-order valence-corrected chi connectivity index (χ4v) is 2.26. The highest BCUT2D eigenvalue weighted by Gasteiger charge is 2.13. The predicted octanol–water partition coefficient (Wildman–Crippen LogP) is 2.99. The van der Waals surface area contributed by atoms with Crippen molar-refractivity contribution in [1.29, 1.82) is 0 Å². The van der Waals surface area contributed by atoms with Crippen LogP contribution in [0.5, 0.6) is 0 Å². The van der Waals surface area contributed by atoms with Crippen LogP contribution in [-0.2, 0) is 0 Å². The molecule has 1 aromatic carbocycles. The van der Waals surface area contributed by atoms with Gasteiger partial charge in [0, 0.05) is 24.5 Å². The molecule has 2 nitrogen and oxygen atoms in total. The number of benzene rings is 1. The Bertz CT molecular complexity index is 338. The summed E-state index contributed by atoms with van der Waals surface area (Å²) in [5, 5.41) is 0.